The van der Waals surface area contributed by atoms with Crippen LogP contribution in [0.2, 0.25) is 0 Å². The second-order valence-corrected chi connectivity index (χ2v) is 8.33. The number of hydrogen-bond donors (Lipinski definition) is 1. The summed E-state index contributed by atoms with van der Waals surface area (Å²) in [5.41, 5.74) is 0.939. The smallest absolute Gasteiger partial charge is 0.225 e. The van der Waals surface area contributed by atoms with Gasteiger partial charge in [-0.3, -0.25) is 4.79 Å². The van der Waals surface area contributed by atoms with Crippen molar-refractivity contribution in [3.05, 3.63) is 24.0 Å². The summed E-state index contributed by atoms with van der Waals surface area (Å²) in [5.74, 6) is 0.252. The molecule has 1 N–H and O–H groups in total. The van der Waals surface area contributed by atoms with Gasteiger partial charge >= 0.3 is 0 Å². The van der Waals surface area contributed by atoms with E-state index in [2.05, 4.69) is 14.9 Å². The van der Waals surface area contributed by atoms with E-state index in [4.69, 9.17) is 0 Å². The largest absolute Gasteiger partial charge is 0.340 e. The van der Waals surface area contributed by atoms with E-state index in [9.17, 15) is 13.2 Å². The number of carbonyl (C=O) groups excluding carboxylic acids is 1. The molecule has 0 aromatic carbocycles. The summed E-state index contributed by atoms with van der Waals surface area (Å²) in [7, 11) is -3.36. The van der Waals surface area contributed by atoms with Crippen molar-refractivity contribution >= 4 is 15.9 Å². The predicted octanol–water partition coefficient (Wildman–Crippen LogP) is 0.340. The quantitative estimate of drug-likeness (QED) is 0.807. The Balaban J connectivity index is 1.43. The molecule has 1 amide bonds. The van der Waals surface area contributed by atoms with Gasteiger partial charge < -0.3 is 4.90 Å². The minimum absolute atomic E-state index is 0.116. The van der Waals surface area contributed by atoms with Crippen LogP contribution in [0.15, 0.2) is 18.5 Å². The van der Waals surface area contributed by atoms with E-state index in [1.165, 1.54) is 0 Å². The lowest BCUT2D eigenvalue weighted by atomic mass is 10.0. The molecule has 1 aromatic heterocycles. The van der Waals surface area contributed by atoms with E-state index >= 15 is 0 Å². The first kappa shape index (κ1) is 16.3. The molecule has 23 heavy (non-hydrogen) atoms. The third-order valence-corrected chi connectivity index (χ3v) is 6.45. The van der Waals surface area contributed by atoms with Crippen LogP contribution in [-0.4, -0.2) is 54.3 Å². The lowest BCUT2D eigenvalue weighted by Crippen LogP contribution is -2.60. The molecule has 1 aliphatic carbocycles. The van der Waals surface area contributed by atoms with Gasteiger partial charge in [0, 0.05) is 31.7 Å². The molecule has 126 valence electrons. The number of rotatable bonds is 6. The van der Waals surface area contributed by atoms with Crippen LogP contribution >= 0.6 is 0 Å². The second kappa shape index (κ2) is 6.92. The number of amides is 1. The molecule has 2 aliphatic rings. The molecule has 8 heteroatoms. The Kier molecular flexibility index (Phi) is 4.91. The third-order valence-electron chi connectivity index (χ3n) is 4.67. The van der Waals surface area contributed by atoms with Crippen molar-refractivity contribution in [3.8, 4) is 0 Å². The number of sulfonamides is 1. The Hall–Kier alpha value is -1.54. The fourth-order valence-electron chi connectivity index (χ4n) is 3.17. The maximum Gasteiger partial charge on any atom is 0.225 e. The minimum atomic E-state index is -3.36. The normalized spacial score (nSPS) is 19.7. The molecule has 0 bridgehead atoms. The fraction of sp³-hybridized carbons (Fsp3) is 0.667. The average molecular weight is 338 g/mol. The van der Waals surface area contributed by atoms with Crippen molar-refractivity contribution in [2.24, 2.45) is 5.92 Å². The molecule has 1 aliphatic heterocycles. The number of likely N-dealkylation sites (tertiary alicyclic amines) is 1. The van der Waals surface area contributed by atoms with Gasteiger partial charge in [0.1, 0.15) is 5.25 Å². The summed E-state index contributed by atoms with van der Waals surface area (Å²) in [4.78, 5) is 13.9. The van der Waals surface area contributed by atoms with Crippen LogP contribution in [0.5, 0.6) is 0 Å². The van der Waals surface area contributed by atoms with Gasteiger partial charge in [-0.2, -0.15) is 10.2 Å². The Morgan fingerprint density at radius 3 is 2.65 bits per heavy atom. The highest BCUT2D eigenvalue weighted by Crippen LogP contribution is 2.29. The van der Waals surface area contributed by atoms with E-state index in [-0.39, 0.29) is 11.8 Å². The molecule has 1 saturated carbocycles. The Labute approximate surface area is 136 Å². The third kappa shape index (κ3) is 3.87. The summed E-state index contributed by atoms with van der Waals surface area (Å²) in [5, 5.41) is 6.96. The van der Waals surface area contributed by atoms with Crippen LogP contribution in [0.1, 0.15) is 31.2 Å². The summed E-state index contributed by atoms with van der Waals surface area (Å²) in [6.07, 6.45) is 7.90. The van der Waals surface area contributed by atoms with Crippen molar-refractivity contribution in [2.75, 3.05) is 19.6 Å². The maximum atomic E-state index is 12.2. The van der Waals surface area contributed by atoms with Crippen LogP contribution in [0, 0.1) is 5.92 Å². The first-order valence-corrected chi connectivity index (χ1v) is 9.64. The number of nitrogens with zero attached hydrogens (tertiary/aromatic N) is 3. The van der Waals surface area contributed by atoms with Gasteiger partial charge in [0.2, 0.25) is 15.9 Å². The number of hydrogen-bond acceptors (Lipinski definition) is 5. The van der Waals surface area contributed by atoms with Crippen molar-refractivity contribution in [1.29, 1.82) is 0 Å². The van der Waals surface area contributed by atoms with Crippen LogP contribution < -0.4 is 4.72 Å². The van der Waals surface area contributed by atoms with Crippen LogP contribution in [0.3, 0.4) is 0 Å². The maximum absolute atomic E-state index is 12.2. The van der Waals surface area contributed by atoms with Gasteiger partial charge in [0.05, 0.1) is 6.20 Å². The van der Waals surface area contributed by atoms with Crippen LogP contribution in [0.4, 0.5) is 0 Å². The molecular weight excluding hydrogens is 316 g/mol. The molecule has 2 fully saturated rings. The topological polar surface area (TPSA) is 92.3 Å². The zero-order valence-corrected chi connectivity index (χ0v) is 13.8. The van der Waals surface area contributed by atoms with E-state index in [0.29, 0.717) is 26.1 Å². The van der Waals surface area contributed by atoms with Crippen LogP contribution in [-0.2, 0) is 21.2 Å². The van der Waals surface area contributed by atoms with E-state index in [0.717, 1.165) is 31.2 Å². The first-order valence-electron chi connectivity index (χ1n) is 8.09. The zero-order valence-electron chi connectivity index (χ0n) is 13.0. The number of carbonyl (C=O) groups is 1. The average Bonchev–Trinajstić information content (AvgIpc) is 3.00. The van der Waals surface area contributed by atoms with Gasteiger partial charge in [-0.1, -0.05) is 12.8 Å². The summed E-state index contributed by atoms with van der Waals surface area (Å²) in [6, 6.07) is 1.81. The number of nitrogens with one attached hydrogen (secondary N) is 1. The van der Waals surface area contributed by atoms with Gasteiger partial charge in [-0.25, -0.2) is 13.1 Å². The Morgan fingerprint density at radius 1 is 1.26 bits per heavy atom. The molecule has 7 nitrogen and oxygen atoms in total. The standard InChI is InChI=1S/C15H22N4O3S/c20-15(13-3-1-2-4-13)19-10-14(11-19)23(21,22)18-8-6-12-5-7-16-17-9-12/h5,7,9,13-14,18H,1-4,6,8,10-11H2. The Morgan fingerprint density at radius 2 is 2.00 bits per heavy atom. The number of aromatic nitrogens is 2. The van der Waals surface area contributed by atoms with Crippen molar-refractivity contribution in [3.63, 3.8) is 0 Å². The van der Waals surface area contributed by atoms with Crippen molar-refractivity contribution in [1.82, 2.24) is 19.8 Å². The van der Waals surface area contributed by atoms with Gasteiger partial charge in [0.25, 0.3) is 0 Å². The lowest BCUT2D eigenvalue weighted by Gasteiger charge is -2.39. The van der Waals surface area contributed by atoms with Gasteiger partial charge in [-0.15, -0.1) is 0 Å². The van der Waals surface area contributed by atoms with E-state index in [1.54, 1.807) is 17.3 Å². The molecule has 0 spiro atoms. The zero-order chi connectivity index (χ0) is 16.3. The second-order valence-electron chi connectivity index (χ2n) is 6.29. The lowest BCUT2D eigenvalue weighted by molar-refractivity contribution is -0.138. The molecular formula is C15H22N4O3S. The predicted molar refractivity (Wildman–Crippen MR) is 85.0 cm³/mol. The highest BCUT2D eigenvalue weighted by molar-refractivity contribution is 7.90. The monoisotopic (exact) mass is 338 g/mol. The molecule has 0 unspecified atom stereocenters. The van der Waals surface area contributed by atoms with Crippen LogP contribution in [0.25, 0.3) is 0 Å². The summed E-state index contributed by atoms with van der Waals surface area (Å²) < 4.78 is 27.1. The highest BCUT2D eigenvalue weighted by Gasteiger charge is 2.41. The molecule has 1 saturated heterocycles. The summed E-state index contributed by atoms with van der Waals surface area (Å²) in [6.45, 7) is 0.976. The fourth-order valence-corrected chi connectivity index (χ4v) is 4.54. The Bertz CT molecular complexity index is 638. The molecule has 1 aromatic rings. The van der Waals surface area contributed by atoms with Crippen molar-refractivity contribution < 1.29 is 13.2 Å². The molecule has 0 radical (unpaired) electrons. The van der Waals surface area contributed by atoms with Gasteiger partial charge in [-0.05, 0) is 30.9 Å². The highest BCUT2D eigenvalue weighted by atomic mass is 32.2. The summed E-state index contributed by atoms with van der Waals surface area (Å²) >= 11 is 0. The molecule has 0 atom stereocenters. The minimum Gasteiger partial charge on any atom is -0.340 e. The SMILES string of the molecule is O=C(C1CCCC1)N1CC(S(=O)(=O)NCCc2ccnnc2)C1. The first-order chi connectivity index (χ1) is 11.1. The molecule has 2 heterocycles. The molecule has 3 rings (SSSR count). The van der Waals surface area contributed by atoms with E-state index in [1.807, 2.05) is 6.07 Å². The van der Waals surface area contributed by atoms with Gasteiger partial charge in [0.15, 0.2) is 0 Å². The van der Waals surface area contributed by atoms with E-state index < -0.39 is 15.3 Å². The van der Waals surface area contributed by atoms with Crippen molar-refractivity contribution in [2.45, 2.75) is 37.4 Å².